The zero-order valence-electron chi connectivity index (χ0n) is 22.6. The largest absolute Gasteiger partial charge is 1.00 e. The van der Waals surface area contributed by atoms with E-state index in [0.29, 0.717) is 0 Å². The monoisotopic (exact) mass is 487 g/mol. The van der Waals surface area contributed by atoms with Gasteiger partial charge in [-0.25, -0.2) is 0 Å². The molecule has 2 rings (SSSR count). The average molecular weight is 488 g/mol. The Morgan fingerprint density at radius 2 is 0.941 bits per heavy atom. The molecular formula is C32H54ClN. The number of aryl methyl sites for hydroxylation is 1. The minimum absolute atomic E-state index is 0. The Morgan fingerprint density at radius 1 is 0.500 bits per heavy atom. The second kappa shape index (κ2) is 21.3. The van der Waals surface area contributed by atoms with Crippen LogP contribution in [-0.2, 0) is 6.42 Å². The molecule has 0 aromatic heterocycles. The minimum atomic E-state index is 0. The van der Waals surface area contributed by atoms with Crippen LogP contribution in [0.1, 0.15) is 122 Å². The smallest absolute Gasteiger partial charge is 0.0770 e. The molecular weight excluding hydrogens is 434 g/mol. The first-order chi connectivity index (χ1) is 16.3. The van der Waals surface area contributed by atoms with Crippen LogP contribution in [0.2, 0.25) is 0 Å². The van der Waals surface area contributed by atoms with Gasteiger partial charge in [-0.05, 0) is 55.9 Å². The van der Waals surface area contributed by atoms with Crippen LogP contribution < -0.4 is 17.3 Å². The Bertz CT molecular complexity index is 704. The fraction of sp³-hybridized carbons (Fsp3) is 0.688. The summed E-state index contributed by atoms with van der Waals surface area (Å²) < 4.78 is 0. The van der Waals surface area contributed by atoms with Crippen molar-refractivity contribution in [3.63, 3.8) is 0 Å². The SMILES string of the molecule is CC[NH+](CC)CCCCCCCCCCCCCCCCCCc1cccc2ccccc12.[Cl-]. The van der Waals surface area contributed by atoms with Crippen molar-refractivity contribution in [2.24, 2.45) is 0 Å². The number of hydrogen-bond donors (Lipinski definition) is 1. The predicted octanol–water partition coefficient (Wildman–Crippen LogP) is 5.55. The van der Waals surface area contributed by atoms with Gasteiger partial charge in [0.15, 0.2) is 0 Å². The van der Waals surface area contributed by atoms with Crippen LogP contribution >= 0.6 is 0 Å². The fourth-order valence-electron chi connectivity index (χ4n) is 5.28. The van der Waals surface area contributed by atoms with Crippen molar-refractivity contribution in [2.75, 3.05) is 19.6 Å². The molecule has 0 saturated carbocycles. The van der Waals surface area contributed by atoms with Crippen molar-refractivity contribution in [3.05, 3.63) is 48.0 Å². The van der Waals surface area contributed by atoms with Gasteiger partial charge in [-0.2, -0.15) is 0 Å². The molecule has 0 unspecified atom stereocenters. The zero-order chi connectivity index (χ0) is 23.4. The van der Waals surface area contributed by atoms with E-state index in [-0.39, 0.29) is 12.4 Å². The van der Waals surface area contributed by atoms with E-state index < -0.39 is 0 Å². The van der Waals surface area contributed by atoms with Crippen molar-refractivity contribution >= 4 is 10.8 Å². The summed E-state index contributed by atoms with van der Waals surface area (Å²) >= 11 is 0. The van der Waals surface area contributed by atoms with Crippen LogP contribution in [0.15, 0.2) is 42.5 Å². The number of quaternary nitrogens is 1. The first-order valence-electron chi connectivity index (χ1n) is 14.6. The van der Waals surface area contributed by atoms with E-state index in [2.05, 4.69) is 56.3 Å². The van der Waals surface area contributed by atoms with Crippen LogP contribution in [0.5, 0.6) is 0 Å². The third-order valence-electron chi connectivity index (χ3n) is 7.61. The maximum absolute atomic E-state index is 2.32. The maximum Gasteiger partial charge on any atom is 0.0770 e. The fourth-order valence-corrected chi connectivity index (χ4v) is 5.28. The highest BCUT2D eigenvalue weighted by Gasteiger charge is 2.02. The third-order valence-corrected chi connectivity index (χ3v) is 7.61. The van der Waals surface area contributed by atoms with Gasteiger partial charge in [-0.1, -0.05) is 126 Å². The average Bonchev–Trinajstić information content (AvgIpc) is 2.85. The standard InChI is InChI=1S/C32H53N.ClH/c1-3-33(4-2)29-22-18-16-14-12-10-8-6-5-7-9-11-13-15-17-19-24-30-26-23-27-31-25-20-21-28-32(30)31;/h20-21,23,25-28H,3-19,22,24,29H2,1-2H3;1H. The summed E-state index contributed by atoms with van der Waals surface area (Å²) in [5, 5.41) is 2.84. The first-order valence-corrected chi connectivity index (χ1v) is 14.6. The molecule has 0 aliphatic heterocycles. The Balaban J connectivity index is 0.00000578. The maximum atomic E-state index is 2.32. The summed E-state index contributed by atoms with van der Waals surface area (Å²) in [6, 6.07) is 15.6. The number of hydrogen-bond acceptors (Lipinski definition) is 0. The number of rotatable bonds is 21. The van der Waals surface area contributed by atoms with Crippen molar-refractivity contribution < 1.29 is 17.3 Å². The van der Waals surface area contributed by atoms with Gasteiger partial charge in [0.2, 0.25) is 0 Å². The normalized spacial score (nSPS) is 11.3. The summed E-state index contributed by atoms with van der Waals surface area (Å²) in [7, 11) is 0. The minimum Gasteiger partial charge on any atom is -1.00 e. The Labute approximate surface area is 218 Å². The van der Waals surface area contributed by atoms with E-state index in [1.807, 2.05) is 0 Å². The molecule has 34 heavy (non-hydrogen) atoms. The number of fused-ring (bicyclic) bond motifs is 1. The van der Waals surface area contributed by atoms with E-state index in [9.17, 15) is 0 Å². The van der Waals surface area contributed by atoms with E-state index in [0.717, 1.165) is 0 Å². The lowest BCUT2D eigenvalue weighted by Crippen LogP contribution is -3.11. The van der Waals surface area contributed by atoms with Gasteiger partial charge in [-0.3, -0.25) is 0 Å². The number of unbranched alkanes of at least 4 members (excludes halogenated alkanes) is 15. The number of nitrogens with one attached hydrogen (secondary N) is 1. The highest BCUT2D eigenvalue weighted by atomic mass is 35.5. The lowest BCUT2D eigenvalue weighted by molar-refractivity contribution is -0.896. The summed E-state index contributed by atoms with van der Waals surface area (Å²) in [6.07, 6.45) is 24.3. The van der Waals surface area contributed by atoms with Crippen molar-refractivity contribution in [1.82, 2.24) is 0 Å². The summed E-state index contributed by atoms with van der Waals surface area (Å²) in [5.74, 6) is 0. The van der Waals surface area contributed by atoms with Gasteiger partial charge < -0.3 is 17.3 Å². The molecule has 194 valence electrons. The Morgan fingerprint density at radius 3 is 1.47 bits per heavy atom. The highest BCUT2D eigenvalue weighted by Crippen LogP contribution is 2.21. The Kier molecular flexibility index (Phi) is 19.4. The molecule has 0 heterocycles. The predicted molar refractivity (Wildman–Crippen MR) is 148 cm³/mol. The number of halogens is 1. The molecule has 1 N–H and O–H groups in total. The molecule has 1 nitrogen and oxygen atoms in total. The lowest BCUT2D eigenvalue weighted by Gasteiger charge is -2.14. The molecule has 0 amide bonds. The second-order valence-corrected chi connectivity index (χ2v) is 10.3. The number of benzene rings is 2. The summed E-state index contributed by atoms with van der Waals surface area (Å²) in [4.78, 5) is 1.77. The first kappa shape index (κ1) is 31.0. The van der Waals surface area contributed by atoms with Gasteiger partial charge in [0.25, 0.3) is 0 Å². The lowest BCUT2D eigenvalue weighted by atomic mass is 9.99. The van der Waals surface area contributed by atoms with E-state index in [4.69, 9.17) is 0 Å². The highest BCUT2D eigenvalue weighted by molar-refractivity contribution is 5.85. The summed E-state index contributed by atoms with van der Waals surface area (Å²) in [5.41, 5.74) is 1.53. The molecule has 0 spiro atoms. The molecule has 2 aromatic rings. The van der Waals surface area contributed by atoms with Gasteiger partial charge in [0.05, 0.1) is 19.6 Å². The molecule has 0 aliphatic rings. The van der Waals surface area contributed by atoms with Crippen LogP contribution in [0.25, 0.3) is 10.8 Å². The molecule has 0 saturated heterocycles. The molecule has 0 fully saturated rings. The molecule has 0 atom stereocenters. The van der Waals surface area contributed by atoms with Gasteiger partial charge in [-0.15, -0.1) is 0 Å². The Hall–Kier alpha value is -1.05. The van der Waals surface area contributed by atoms with E-state index in [1.54, 1.807) is 4.90 Å². The quantitative estimate of drug-likeness (QED) is 0.220. The van der Waals surface area contributed by atoms with Crippen LogP contribution in [0.3, 0.4) is 0 Å². The van der Waals surface area contributed by atoms with Gasteiger partial charge >= 0.3 is 0 Å². The van der Waals surface area contributed by atoms with E-state index in [1.165, 1.54) is 145 Å². The van der Waals surface area contributed by atoms with Crippen molar-refractivity contribution in [3.8, 4) is 0 Å². The van der Waals surface area contributed by atoms with Gasteiger partial charge in [0, 0.05) is 0 Å². The molecule has 0 bridgehead atoms. The topological polar surface area (TPSA) is 4.44 Å². The molecule has 0 radical (unpaired) electrons. The van der Waals surface area contributed by atoms with Crippen LogP contribution in [-0.4, -0.2) is 19.6 Å². The molecule has 2 heteroatoms. The van der Waals surface area contributed by atoms with Gasteiger partial charge in [0.1, 0.15) is 0 Å². The third kappa shape index (κ3) is 13.7. The van der Waals surface area contributed by atoms with Crippen LogP contribution in [0.4, 0.5) is 0 Å². The van der Waals surface area contributed by atoms with Crippen molar-refractivity contribution in [1.29, 1.82) is 0 Å². The zero-order valence-corrected chi connectivity index (χ0v) is 23.3. The second-order valence-electron chi connectivity index (χ2n) is 10.3. The van der Waals surface area contributed by atoms with Crippen LogP contribution in [0, 0.1) is 0 Å². The molecule has 2 aromatic carbocycles. The van der Waals surface area contributed by atoms with Crippen molar-refractivity contribution in [2.45, 2.75) is 123 Å². The molecule has 0 aliphatic carbocycles. The van der Waals surface area contributed by atoms with E-state index >= 15 is 0 Å². The summed E-state index contributed by atoms with van der Waals surface area (Å²) in [6.45, 7) is 8.60.